The number of amides is 2. The van der Waals surface area contributed by atoms with Crippen LogP contribution in [-0.2, 0) is 16.0 Å². The summed E-state index contributed by atoms with van der Waals surface area (Å²) in [7, 11) is 0. The third-order valence-corrected chi connectivity index (χ3v) is 6.14. The molecule has 0 bridgehead atoms. The number of carbonyl (C=O) groups is 2. The first-order valence-corrected chi connectivity index (χ1v) is 10.7. The molecule has 1 aromatic carbocycles. The van der Waals surface area contributed by atoms with Gasteiger partial charge in [0.05, 0.1) is 12.1 Å². The molecule has 1 fully saturated rings. The predicted octanol–water partition coefficient (Wildman–Crippen LogP) is 1.81. The molecule has 2 aliphatic rings. The molecule has 2 amide bonds. The van der Waals surface area contributed by atoms with Gasteiger partial charge in [0, 0.05) is 5.69 Å². The van der Waals surface area contributed by atoms with Gasteiger partial charge in [0.15, 0.2) is 0 Å². The zero-order valence-corrected chi connectivity index (χ0v) is 17.2. The molecule has 7 nitrogen and oxygen atoms in total. The molecule has 1 saturated heterocycles. The first-order chi connectivity index (χ1) is 14.5. The highest BCUT2D eigenvalue weighted by molar-refractivity contribution is 5.89. The van der Waals surface area contributed by atoms with Gasteiger partial charge in [-0.3, -0.25) is 9.59 Å². The monoisotopic (exact) mass is 407 g/mol. The number of nitrogens with zero attached hydrogens (tertiary/aromatic N) is 1. The molecular weight excluding hydrogens is 378 g/mol. The number of piperidine rings is 1. The molecular formula is C23H29N5O2. The third-order valence-electron chi connectivity index (χ3n) is 6.14. The van der Waals surface area contributed by atoms with Crippen molar-refractivity contribution in [2.45, 2.75) is 56.7 Å². The lowest BCUT2D eigenvalue weighted by atomic mass is 9.86. The van der Waals surface area contributed by atoms with Gasteiger partial charge in [0.1, 0.15) is 11.9 Å². The van der Waals surface area contributed by atoms with Crippen molar-refractivity contribution in [3.05, 3.63) is 59.3 Å². The summed E-state index contributed by atoms with van der Waals surface area (Å²) in [6, 6.07) is 13.0. The Kier molecular flexibility index (Phi) is 5.99. The van der Waals surface area contributed by atoms with E-state index >= 15 is 0 Å². The number of nitrogens with one attached hydrogen (secondary N) is 3. The standard InChI is InChI=1S/C23H29N5O2/c1-14(22(29)28-19-9-8-18-17(19)7-10-21(24)27-18)26-23(30)20-13-16(11-12-25-20)15-5-3-2-4-6-15/h2-7,10,14,16,19-20,25H,8-9,11-13H2,1H3,(H2,24,27)(H,26,30)(H,28,29)/t14-,16?,19?,20?/m0/s1. The van der Waals surface area contributed by atoms with Crippen molar-refractivity contribution in [3.8, 4) is 0 Å². The van der Waals surface area contributed by atoms with E-state index < -0.39 is 6.04 Å². The summed E-state index contributed by atoms with van der Waals surface area (Å²) in [6.07, 6.45) is 3.32. The zero-order valence-electron chi connectivity index (χ0n) is 17.2. The van der Waals surface area contributed by atoms with Crippen molar-refractivity contribution in [2.75, 3.05) is 12.3 Å². The Bertz CT molecular complexity index is 917. The normalized spacial score (nSPS) is 24.0. The Hall–Kier alpha value is -2.93. The lowest BCUT2D eigenvalue weighted by Gasteiger charge is -2.30. The van der Waals surface area contributed by atoms with Crippen LogP contribution in [0.2, 0.25) is 0 Å². The van der Waals surface area contributed by atoms with E-state index in [9.17, 15) is 9.59 Å². The molecule has 3 unspecified atom stereocenters. The van der Waals surface area contributed by atoms with Gasteiger partial charge in [-0.25, -0.2) is 4.98 Å². The molecule has 158 valence electrons. The first-order valence-electron chi connectivity index (χ1n) is 10.7. The fourth-order valence-corrected chi connectivity index (χ4v) is 4.45. The van der Waals surface area contributed by atoms with E-state index in [0.29, 0.717) is 11.7 Å². The number of nitrogen functional groups attached to an aromatic ring is 1. The largest absolute Gasteiger partial charge is 0.384 e. The highest BCUT2D eigenvalue weighted by Gasteiger charge is 2.31. The number of aromatic nitrogens is 1. The molecule has 1 aromatic heterocycles. The Labute approximate surface area is 176 Å². The fourth-order valence-electron chi connectivity index (χ4n) is 4.45. The molecule has 0 radical (unpaired) electrons. The smallest absolute Gasteiger partial charge is 0.242 e. The Balaban J connectivity index is 1.32. The van der Waals surface area contributed by atoms with Crippen molar-refractivity contribution in [3.63, 3.8) is 0 Å². The van der Waals surface area contributed by atoms with Crippen LogP contribution in [0.5, 0.6) is 0 Å². The maximum atomic E-state index is 12.8. The molecule has 0 saturated carbocycles. The van der Waals surface area contributed by atoms with Crippen LogP contribution >= 0.6 is 0 Å². The van der Waals surface area contributed by atoms with Crippen LogP contribution in [0.3, 0.4) is 0 Å². The maximum absolute atomic E-state index is 12.8. The van der Waals surface area contributed by atoms with E-state index in [1.807, 2.05) is 24.3 Å². The second-order valence-electron chi connectivity index (χ2n) is 8.24. The lowest BCUT2D eigenvalue weighted by Crippen LogP contribution is -2.53. The number of nitrogens with two attached hydrogens (primary N) is 1. The lowest BCUT2D eigenvalue weighted by molar-refractivity contribution is -0.130. The molecule has 4 rings (SSSR count). The van der Waals surface area contributed by atoms with E-state index in [4.69, 9.17) is 5.73 Å². The summed E-state index contributed by atoms with van der Waals surface area (Å²) < 4.78 is 0. The molecule has 2 heterocycles. The van der Waals surface area contributed by atoms with Gasteiger partial charge in [0.25, 0.3) is 0 Å². The highest BCUT2D eigenvalue weighted by atomic mass is 16.2. The summed E-state index contributed by atoms with van der Waals surface area (Å²) in [4.78, 5) is 29.8. The fraction of sp³-hybridized carbons (Fsp3) is 0.435. The van der Waals surface area contributed by atoms with E-state index in [1.165, 1.54) is 5.56 Å². The van der Waals surface area contributed by atoms with Crippen molar-refractivity contribution >= 4 is 17.6 Å². The van der Waals surface area contributed by atoms with Gasteiger partial charge >= 0.3 is 0 Å². The van der Waals surface area contributed by atoms with Crippen LogP contribution in [0.25, 0.3) is 0 Å². The average molecular weight is 408 g/mol. The van der Waals surface area contributed by atoms with Crippen LogP contribution in [-0.4, -0.2) is 35.4 Å². The van der Waals surface area contributed by atoms with Crippen LogP contribution in [0.1, 0.15) is 55.0 Å². The van der Waals surface area contributed by atoms with E-state index in [-0.39, 0.29) is 23.9 Å². The summed E-state index contributed by atoms with van der Waals surface area (Å²) in [6.45, 7) is 2.51. The van der Waals surface area contributed by atoms with Crippen molar-refractivity contribution in [2.24, 2.45) is 0 Å². The number of benzene rings is 1. The van der Waals surface area contributed by atoms with Crippen LogP contribution < -0.4 is 21.7 Å². The van der Waals surface area contributed by atoms with Crippen molar-refractivity contribution < 1.29 is 9.59 Å². The van der Waals surface area contributed by atoms with Gasteiger partial charge in [-0.05, 0) is 62.3 Å². The Morgan fingerprint density at radius 2 is 1.97 bits per heavy atom. The number of aryl methyl sites for hydroxylation is 1. The number of carbonyl (C=O) groups excluding carboxylic acids is 2. The summed E-state index contributed by atoms with van der Waals surface area (Å²) in [5, 5.41) is 9.21. The minimum Gasteiger partial charge on any atom is -0.384 e. The van der Waals surface area contributed by atoms with Gasteiger partial charge in [-0.1, -0.05) is 36.4 Å². The topological polar surface area (TPSA) is 109 Å². The van der Waals surface area contributed by atoms with Gasteiger partial charge < -0.3 is 21.7 Å². The van der Waals surface area contributed by atoms with E-state index in [0.717, 1.165) is 43.5 Å². The molecule has 0 spiro atoms. The molecule has 1 aliphatic heterocycles. The second kappa shape index (κ2) is 8.83. The predicted molar refractivity (Wildman–Crippen MR) is 116 cm³/mol. The number of pyridine rings is 1. The zero-order chi connectivity index (χ0) is 21.1. The number of hydrogen-bond acceptors (Lipinski definition) is 5. The Morgan fingerprint density at radius 3 is 2.77 bits per heavy atom. The highest BCUT2D eigenvalue weighted by Crippen LogP contribution is 2.30. The number of fused-ring (bicyclic) bond motifs is 1. The Morgan fingerprint density at radius 1 is 1.17 bits per heavy atom. The molecule has 5 N–H and O–H groups in total. The quantitative estimate of drug-likeness (QED) is 0.604. The summed E-state index contributed by atoms with van der Waals surface area (Å²) in [5.41, 5.74) is 8.96. The van der Waals surface area contributed by atoms with Crippen molar-refractivity contribution in [1.29, 1.82) is 0 Å². The second-order valence-corrected chi connectivity index (χ2v) is 8.24. The van der Waals surface area contributed by atoms with Gasteiger partial charge in [0.2, 0.25) is 11.8 Å². The number of hydrogen-bond donors (Lipinski definition) is 4. The molecule has 4 atom stereocenters. The molecule has 2 aromatic rings. The summed E-state index contributed by atoms with van der Waals surface area (Å²) in [5.74, 6) is 0.533. The third kappa shape index (κ3) is 4.46. The number of anilines is 1. The van der Waals surface area contributed by atoms with E-state index in [2.05, 4.69) is 33.1 Å². The van der Waals surface area contributed by atoms with Crippen LogP contribution in [0, 0.1) is 0 Å². The molecule has 7 heteroatoms. The molecule has 30 heavy (non-hydrogen) atoms. The minimum absolute atomic E-state index is 0.0878. The van der Waals surface area contributed by atoms with E-state index in [1.54, 1.807) is 13.0 Å². The maximum Gasteiger partial charge on any atom is 0.242 e. The van der Waals surface area contributed by atoms with Crippen LogP contribution in [0.15, 0.2) is 42.5 Å². The van der Waals surface area contributed by atoms with Gasteiger partial charge in [-0.15, -0.1) is 0 Å². The number of rotatable bonds is 5. The minimum atomic E-state index is -0.609. The molecule has 1 aliphatic carbocycles. The van der Waals surface area contributed by atoms with Gasteiger partial charge in [-0.2, -0.15) is 0 Å². The summed E-state index contributed by atoms with van der Waals surface area (Å²) >= 11 is 0. The van der Waals surface area contributed by atoms with Crippen LogP contribution in [0.4, 0.5) is 5.82 Å². The van der Waals surface area contributed by atoms with Crippen molar-refractivity contribution in [1.82, 2.24) is 20.9 Å². The first kappa shape index (κ1) is 20.3. The SMILES string of the molecule is C[C@H](NC(=O)C1CC(c2ccccc2)CCN1)C(=O)NC1CCc2nc(N)ccc21. The average Bonchev–Trinajstić information content (AvgIpc) is 3.16.